The van der Waals surface area contributed by atoms with Gasteiger partial charge in [0.25, 0.3) is 14.4 Å². The SMILES string of the molecule is COc1ccc(C(OCC2OC(n3ccc(NC(=O)COc4ccccc4)nc3=O)C(F)C2OP(OCCCCSC=O)N(C(C)C)C(C)C)(c2ccccc2)c2ccc(OC)cc2)cc1. The maximum absolute atomic E-state index is 17.5. The molecule has 5 aromatic rings. The molecule has 1 amide bonds. The molecular weight excluding hydrogens is 887 g/mol. The minimum atomic E-state index is -1.93. The number of aromatic nitrogens is 2. The van der Waals surface area contributed by atoms with Crippen molar-refractivity contribution in [3.8, 4) is 17.2 Å². The number of anilines is 1. The van der Waals surface area contributed by atoms with E-state index >= 15 is 4.39 Å². The fraction of sp³-hybridized carbons (Fsp3) is 0.388. The predicted octanol–water partition coefficient (Wildman–Crippen LogP) is 8.97. The minimum absolute atomic E-state index is 0.0430. The normalized spacial score (nSPS) is 17.8. The molecule has 0 aliphatic carbocycles. The zero-order valence-corrected chi connectivity index (χ0v) is 39.7. The number of halogens is 1. The molecule has 1 aromatic heterocycles. The Kier molecular flexibility index (Phi) is 18.7. The molecule has 352 valence electrons. The first-order chi connectivity index (χ1) is 32.0. The molecule has 1 aliphatic rings. The highest BCUT2D eigenvalue weighted by Gasteiger charge is 2.51. The number of ether oxygens (including phenoxy) is 5. The van der Waals surface area contributed by atoms with Crippen molar-refractivity contribution in [2.75, 3.05) is 45.1 Å². The van der Waals surface area contributed by atoms with Crippen LogP contribution < -0.4 is 25.2 Å². The van der Waals surface area contributed by atoms with Gasteiger partial charge >= 0.3 is 5.69 Å². The van der Waals surface area contributed by atoms with Gasteiger partial charge in [0.2, 0.25) is 0 Å². The van der Waals surface area contributed by atoms with Crippen LogP contribution in [0.2, 0.25) is 0 Å². The number of amides is 1. The van der Waals surface area contributed by atoms with E-state index in [1.807, 2.05) is 113 Å². The zero-order chi connectivity index (χ0) is 47.1. The minimum Gasteiger partial charge on any atom is -0.497 e. The van der Waals surface area contributed by atoms with E-state index in [1.165, 1.54) is 24.0 Å². The van der Waals surface area contributed by atoms with Gasteiger partial charge in [-0.25, -0.2) is 13.9 Å². The van der Waals surface area contributed by atoms with Gasteiger partial charge in [0, 0.05) is 24.0 Å². The van der Waals surface area contributed by atoms with E-state index < -0.39 is 50.3 Å². The molecular formula is C49H58FN4O10PS. The fourth-order valence-electron chi connectivity index (χ4n) is 7.69. The van der Waals surface area contributed by atoms with Crippen molar-refractivity contribution in [2.24, 2.45) is 0 Å². The summed E-state index contributed by atoms with van der Waals surface area (Å²) >= 11 is 1.20. The Bertz CT molecular complexity index is 2270. The van der Waals surface area contributed by atoms with Crippen LogP contribution >= 0.6 is 20.3 Å². The van der Waals surface area contributed by atoms with Crippen molar-refractivity contribution in [3.63, 3.8) is 0 Å². The summed E-state index contributed by atoms with van der Waals surface area (Å²) in [7, 11) is 1.28. The third kappa shape index (κ3) is 12.6. The molecule has 2 heterocycles. The number of thioether (sulfide) groups is 1. The fourth-order valence-corrected chi connectivity index (χ4v) is 9.96. The maximum Gasteiger partial charge on any atom is 0.351 e. The Morgan fingerprint density at radius 1 is 0.864 bits per heavy atom. The lowest BCUT2D eigenvalue weighted by atomic mass is 9.80. The number of alkyl halides is 1. The Hall–Kier alpha value is -5.19. The van der Waals surface area contributed by atoms with Crippen LogP contribution in [0.4, 0.5) is 10.2 Å². The highest BCUT2D eigenvalue weighted by Crippen LogP contribution is 2.51. The van der Waals surface area contributed by atoms with Crippen LogP contribution in [0, 0.1) is 0 Å². The molecule has 1 fully saturated rings. The maximum atomic E-state index is 17.5. The Morgan fingerprint density at radius 3 is 2.02 bits per heavy atom. The van der Waals surface area contributed by atoms with Gasteiger partial charge in [-0.2, -0.15) is 4.98 Å². The molecule has 0 spiro atoms. The number of para-hydroxylation sites is 1. The molecule has 1 saturated heterocycles. The smallest absolute Gasteiger partial charge is 0.351 e. The third-order valence-corrected chi connectivity index (χ3v) is 13.6. The van der Waals surface area contributed by atoms with Gasteiger partial charge in [0.05, 0.1) is 27.4 Å². The quantitative estimate of drug-likeness (QED) is 0.0257. The second-order valence-corrected chi connectivity index (χ2v) is 18.2. The van der Waals surface area contributed by atoms with E-state index in [4.69, 9.17) is 32.7 Å². The van der Waals surface area contributed by atoms with Gasteiger partial charge in [0.1, 0.15) is 40.9 Å². The number of rotatable bonds is 25. The number of nitrogens with zero attached hydrogens (tertiary/aromatic N) is 3. The highest BCUT2D eigenvalue weighted by molar-refractivity contribution is 8.11. The van der Waals surface area contributed by atoms with E-state index in [1.54, 1.807) is 38.5 Å². The average Bonchev–Trinajstić information content (AvgIpc) is 3.63. The number of hydrogen-bond donors (Lipinski definition) is 1. The van der Waals surface area contributed by atoms with Crippen LogP contribution in [0.5, 0.6) is 17.2 Å². The number of carbonyl (C=O) groups excluding carboxylic acids is 2. The first-order valence-electron chi connectivity index (χ1n) is 21.8. The van der Waals surface area contributed by atoms with Crippen molar-refractivity contribution in [3.05, 3.63) is 149 Å². The summed E-state index contributed by atoms with van der Waals surface area (Å²) in [5, 5.41) is 2.57. The van der Waals surface area contributed by atoms with Crippen LogP contribution in [0.3, 0.4) is 0 Å². The molecule has 5 unspecified atom stereocenters. The van der Waals surface area contributed by atoms with E-state index in [9.17, 15) is 14.4 Å². The Balaban J connectivity index is 1.37. The molecule has 14 nitrogen and oxygen atoms in total. The average molecular weight is 945 g/mol. The molecule has 5 atom stereocenters. The summed E-state index contributed by atoms with van der Waals surface area (Å²) in [6.45, 7) is 7.82. The molecule has 1 aliphatic heterocycles. The number of benzene rings is 4. The monoisotopic (exact) mass is 944 g/mol. The van der Waals surface area contributed by atoms with Gasteiger partial charge in [-0.1, -0.05) is 84.6 Å². The van der Waals surface area contributed by atoms with Gasteiger partial charge in [0.15, 0.2) is 24.6 Å². The predicted molar refractivity (Wildman–Crippen MR) is 254 cm³/mol. The van der Waals surface area contributed by atoms with Crippen molar-refractivity contribution >= 4 is 37.6 Å². The van der Waals surface area contributed by atoms with Crippen molar-refractivity contribution < 1.29 is 46.7 Å². The summed E-state index contributed by atoms with van der Waals surface area (Å²) in [6, 6.07) is 34.8. The lowest BCUT2D eigenvalue weighted by Crippen LogP contribution is -2.41. The molecule has 0 radical (unpaired) electrons. The molecule has 17 heteroatoms. The topological polar surface area (TPSA) is 149 Å². The number of nitrogens with one attached hydrogen (secondary N) is 1. The van der Waals surface area contributed by atoms with Crippen LogP contribution in [-0.2, 0) is 33.7 Å². The Morgan fingerprint density at radius 2 is 1.45 bits per heavy atom. The Labute approximate surface area is 391 Å². The molecule has 0 saturated carbocycles. The highest BCUT2D eigenvalue weighted by atomic mass is 32.2. The van der Waals surface area contributed by atoms with Crippen molar-refractivity contribution in [1.82, 2.24) is 14.2 Å². The van der Waals surface area contributed by atoms with E-state index in [0.717, 1.165) is 33.3 Å². The number of unbranched alkanes of at least 4 members (excludes halogenated alkanes) is 1. The van der Waals surface area contributed by atoms with Gasteiger partial charge in [-0.05, 0) is 99.7 Å². The largest absolute Gasteiger partial charge is 0.497 e. The first kappa shape index (κ1) is 50.2. The van der Waals surface area contributed by atoms with E-state index in [-0.39, 0.29) is 31.1 Å². The van der Waals surface area contributed by atoms with Crippen LogP contribution in [0.15, 0.2) is 126 Å². The second kappa shape index (κ2) is 24.5. The summed E-state index contributed by atoms with van der Waals surface area (Å²) < 4.78 is 64.3. The lowest BCUT2D eigenvalue weighted by Gasteiger charge is -2.39. The van der Waals surface area contributed by atoms with Crippen molar-refractivity contribution in [2.45, 2.75) is 82.8 Å². The lowest BCUT2D eigenvalue weighted by molar-refractivity contribution is -0.118. The van der Waals surface area contributed by atoms with Crippen LogP contribution in [0.25, 0.3) is 0 Å². The number of methoxy groups -OCH3 is 2. The molecule has 1 N–H and O–H groups in total. The molecule has 6 rings (SSSR count). The third-order valence-electron chi connectivity index (χ3n) is 10.8. The zero-order valence-electron chi connectivity index (χ0n) is 38.0. The summed E-state index contributed by atoms with van der Waals surface area (Å²) in [5.41, 5.74) is 0.944. The van der Waals surface area contributed by atoms with Gasteiger partial charge in [-0.3, -0.25) is 14.2 Å². The molecule has 0 bridgehead atoms. The van der Waals surface area contributed by atoms with E-state index in [0.29, 0.717) is 36.0 Å². The molecule has 66 heavy (non-hydrogen) atoms. The summed E-state index contributed by atoms with van der Waals surface area (Å²) in [5.74, 6) is 1.85. The van der Waals surface area contributed by atoms with Gasteiger partial charge < -0.3 is 38.0 Å². The first-order valence-corrected chi connectivity index (χ1v) is 23.9. The summed E-state index contributed by atoms with van der Waals surface area (Å²) in [4.78, 5) is 41.5. The standard InChI is InChI=1S/C49H58FN4O10PS/c1-34(2)54(35(3)4)65(62-29-13-14-30-66-33-55)64-46-42(63-47(45(46)50)53-28-27-43(52-48(53)57)51-44(56)32-60-41-17-11-8-12-18-41)31-61-49(36-15-9-7-10-16-36,37-19-23-39(58-5)24-20-37)38-21-25-40(59-6)26-22-38/h7-12,15-28,33-35,42,45-47H,13-14,29-32H2,1-6H3,(H,51,52,56,57). The summed E-state index contributed by atoms with van der Waals surface area (Å²) in [6.07, 6.45) is -3.14. The number of carbonyl (C=O) groups is 2. The van der Waals surface area contributed by atoms with Crippen LogP contribution in [-0.4, -0.2) is 96.0 Å². The second-order valence-electron chi connectivity index (χ2n) is 15.9. The van der Waals surface area contributed by atoms with Gasteiger partial charge in [-0.15, -0.1) is 0 Å². The van der Waals surface area contributed by atoms with E-state index in [2.05, 4.69) is 15.0 Å². The number of hydrogen-bond acceptors (Lipinski definition) is 13. The van der Waals surface area contributed by atoms with Crippen LogP contribution in [0.1, 0.15) is 63.5 Å². The van der Waals surface area contributed by atoms with Crippen molar-refractivity contribution in [1.29, 1.82) is 0 Å². The molecule has 4 aromatic carbocycles.